The molecule has 2 rings (SSSR count). The first-order valence-corrected chi connectivity index (χ1v) is 7.30. The van der Waals surface area contributed by atoms with E-state index in [2.05, 4.69) is 10.6 Å². The van der Waals surface area contributed by atoms with Crippen molar-refractivity contribution in [2.24, 2.45) is 0 Å². The molecule has 0 unspecified atom stereocenters. The van der Waals surface area contributed by atoms with E-state index in [1.807, 2.05) is 42.5 Å². The lowest BCUT2D eigenvalue weighted by molar-refractivity contribution is 0.168. The zero-order valence-electron chi connectivity index (χ0n) is 12.6. The van der Waals surface area contributed by atoms with Crippen LogP contribution in [0.5, 0.6) is 0 Å². The van der Waals surface area contributed by atoms with Crippen molar-refractivity contribution in [1.82, 2.24) is 0 Å². The fourth-order valence-electron chi connectivity index (χ4n) is 2.07. The first kappa shape index (κ1) is 15.7. The first-order chi connectivity index (χ1) is 10.7. The zero-order valence-corrected chi connectivity index (χ0v) is 12.6. The molecule has 0 bridgehead atoms. The fraction of sp³-hybridized carbons (Fsp3) is 0.235. The Morgan fingerprint density at radius 1 is 1.18 bits per heavy atom. The Hall–Kier alpha value is -2.69. The van der Waals surface area contributed by atoms with Gasteiger partial charge in [-0.25, -0.2) is 4.79 Å². The van der Waals surface area contributed by atoms with Gasteiger partial charge in [-0.2, -0.15) is 0 Å². The summed E-state index contributed by atoms with van der Waals surface area (Å²) in [7, 11) is 0. The molecule has 2 aromatic carbocycles. The van der Waals surface area contributed by atoms with Crippen LogP contribution < -0.4 is 16.4 Å². The SMILES string of the molecule is CCOC(=O)Nc1ccc(CCNc2ccccc2)cc1N. The Balaban J connectivity index is 1.87. The highest BCUT2D eigenvalue weighted by atomic mass is 16.5. The average molecular weight is 299 g/mol. The number of nitrogens with two attached hydrogens (primary N) is 1. The molecule has 0 saturated carbocycles. The summed E-state index contributed by atoms with van der Waals surface area (Å²) in [6, 6.07) is 15.7. The minimum absolute atomic E-state index is 0.328. The highest BCUT2D eigenvalue weighted by Crippen LogP contribution is 2.20. The number of para-hydroxylation sites is 1. The van der Waals surface area contributed by atoms with Gasteiger partial charge in [0, 0.05) is 12.2 Å². The molecular weight excluding hydrogens is 278 g/mol. The molecule has 0 spiro atoms. The van der Waals surface area contributed by atoms with Crippen LogP contribution in [0.2, 0.25) is 0 Å². The van der Waals surface area contributed by atoms with E-state index in [9.17, 15) is 4.79 Å². The monoisotopic (exact) mass is 299 g/mol. The maximum Gasteiger partial charge on any atom is 0.411 e. The van der Waals surface area contributed by atoms with E-state index in [0.29, 0.717) is 18.0 Å². The number of ether oxygens (including phenoxy) is 1. The van der Waals surface area contributed by atoms with E-state index in [0.717, 1.165) is 24.2 Å². The second-order valence-corrected chi connectivity index (χ2v) is 4.81. The van der Waals surface area contributed by atoms with Gasteiger partial charge < -0.3 is 15.8 Å². The molecule has 0 saturated heterocycles. The third kappa shape index (κ3) is 4.70. The Labute approximate surface area is 130 Å². The number of nitrogens with one attached hydrogen (secondary N) is 2. The van der Waals surface area contributed by atoms with Crippen molar-refractivity contribution in [3.63, 3.8) is 0 Å². The minimum atomic E-state index is -0.493. The molecule has 0 heterocycles. The Bertz CT molecular complexity index is 615. The Morgan fingerprint density at radius 3 is 2.64 bits per heavy atom. The summed E-state index contributed by atoms with van der Waals surface area (Å²) in [5, 5.41) is 5.96. The minimum Gasteiger partial charge on any atom is -0.450 e. The molecule has 116 valence electrons. The van der Waals surface area contributed by atoms with Crippen molar-refractivity contribution in [3.05, 3.63) is 54.1 Å². The molecule has 0 aliphatic heterocycles. The number of anilines is 3. The quantitative estimate of drug-likeness (QED) is 0.714. The Morgan fingerprint density at radius 2 is 1.95 bits per heavy atom. The number of hydrogen-bond donors (Lipinski definition) is 3. The van der Waals surface area contributed by atoms with Gasteiger partial charge in [-0.1, -0.05) is 24.3 Å². The molecule has 0 fully saturated rings. The van der Waals surface area contributed by atoms with Crippen LogP contribution in [0.1, 0.15) is 12.5 Å². The molecule has 4 N–H and O–H groups in total. The van der Waals surface area contributed by atoms with Crippen LogP contribution in [0.25, 0.3) is 0 Å². The average Bonchev–Trinajstić information content (AvgIpc) is 2.51. The van der Waals surface area contributed by atoms with Crippen LogP contribution in [0.3, 0.4) is 0 Å². The standard InChI is InChI=1S/C17H21N3O2/c1-2-22-17(21)20-16-9-8-13(12-15(16)18)10-11-19-14-6-4-3-5-7-14/h3-9,12,19H,2,10-11,18H2,1H3,(H,20,21). The highest BCUT2D eigenvalue weighted by molar-refractivity contribution is 5.88. The van der Waals surface area contributed by atoms with Crippen molar-refractivity contribution in [2.75, 3.05) is 29.5 Å². The van der Waals surface area contributed by atoms with Crippen molar-refractivity contribution < 1.29 is 9.53 Å². The lowest BCUT2D eigenvalue weighted by Crippen LogP contribution is -2.14. The van der Waals surface area contributed by atoms with Crippen molar-refractivity contribution in [2.45, 2.75) is 13.3 Å². The van der Waals surface area contributed by atoms with Gasteiger partial charge in [0.25, 0.3) is 0 Å². The predicted octanol–water partition coefficient (Wildman–Crippen LogP) is 3.49. The van der Waals surface area contributed by atoms with E-state index in [-0.39, 0.29) is 0 Å². The summed E-state index contributed by atoms with van der Waals surface area (Å²) in [6.07, 6.45) is 0.353. The molecule has 0 aliphatic rings. The third-order valence-electron chi connectivity index (χ3n) is 3.14. The topological polar surface area (TPSA) is 76.4 Å². The van der Waals surface area contributed by atoms with Crippen LogP contribution in [-0.4, -0.2) is 19.2 Å². The number of carbonyl (C=O) groups excluding carboxylic acids is 1. The smallest absolute Gasteiger partial charge is 0.411 e. The molecular formula is C17H21N3O2. The summed E-state index contributed by atoms with van der Waals surface area (Å²) in [4.78, 5) is 11.4. The number of amides is 1. The zero-order chi connectivity index (χ0) is 15.8. The summed E-state index contributed by atoms with van der Waals surface area (Å²) in [5.74, 6) is 0. The van der Waals surface area contributed by atoms with Crippen molar-refractivity contribution in [1.29, 1.82) is 0 Å². The third-order valence-corrected chi connectivity index (χ3v) is 3.14. The largest absolute Gasteiger partial charge is 0.450 e. The van der Waals surface area contributed by atoms with E-state index < -0.39 is 6.09 Å². The summed E-state index contributed by atoms with van der Waals surface area (Å²) in [6.45, 7) is 2.90. The van der Waals surface area contributed by atoms with Gasteiger partial charge >= 0.3 is 6.09 Å². The van der Waals surface area contributed by atoms with E-state index in [1.54, 1.807) is 13.0 Å². The molecule has 0 atom stereocenters. The molecule has 0 aromatic heterocycles. The van der Waals surface area contributed by atoms with Crippen LogP contribution in [0.4, 0.5) is 21.9 Å². The van der Waals surface area contributed by atoms with Crippen molar-refractivity contribution in [3.8, 4) is 0 Å². The van der Waals surface area contributed by atoms with Gasteiger partial charge in [0.15, 0.2) is 0 Å². The second-order valence-electron chi connectivity index (χ2n) is 4.81. The van der Waals surface area contributed by atoms with E-state index in [4.69, 9.17) is 10.5 Å². The van der Waals surface area contributed by atoms with Crippen LogP contribution in [0, 0.1) is 0 Å². The van der Waals surface area contributed by atoms with Gasteiger partial charge in [0.1, 0.15) is 0 Å². The summed E-state index contributed by atoms with van der Waals surface area (Å²) < 4.78 is 4.83. The second kappa shape index (κ2) is 7.93. The lowest BCUT2D eigenvalue weighted by atomic mass is 10.1. The summed E-state index contributed by atoms with van der Waals surface area (Å²) >= 11 is 0. The number of carbonyl (C=O) groups is 1. The first-order valence-electron chi connectivity index (χ1n) is 7.30. The molecule has 0 aliphatic carbocycles. The lowest BCUT2D eigenvalue weighted by Gasteiger charge is -2.10. The van der Waals surface area contributed by atoms with Crippen molar-refractivity contribution >= 4 is 23.2 Å². The predicted molar refractivity (Wildman–Crippen MR) is 90.1 cm³/mol. The van der Waals surface area contributed by atoms with E-state index >= 15 is 0 Å². The van der Waals surface area contributed by atoms with Gasteiger partial charge in [0.2, 0.25) is 0 Å². The molecule has 5 nitrogen and oxygen atoms in total. The summed E-state index contributed by atoms with van der Waals surface area (Å²) in [5.41, 5.74) is 9.26. The van der Waals surface area contributed by atoms with Gasteiger partial charge in [-0.3, -0.25) is 5.32 Å². The van der Waals surface area contributed by atoms with Crippen LogP contribution >= 0.6 is 0 Å². The van der Waals surface area contributed by atoms with Gasteiger partial charge in [-0.15, -0.1) is 0 Å². The molecule has 1 amide bonds. The number of benzene rings is 2. The van der Waals surface area contributed by atoms with Gasteiger partial charge in [-0.05, 0) is 43.2 Å². The number of hydrogen-bond acceptors (Lipinski definition) is 4. The molecule has 0 radical (unpaired) electrons. The van der Waals surface area contributed by atoms with Crippen LogP contribution in [0.15, 0.2) is 48.5 Å². The molecule has 2 aromatic rings. The van der Waals surface area contributed by atoms with Crippen LogP contribution in [-0.2, 0) is 11.2 Å². The Kier molecular flexibility index (Phi) is 5.65. The highest BCUT2D eigenvalue weighted by Gasteiger charge is 2.06. The normalized spacial score (nSPS) is 10.0. The maximum atomic E-state index is 11.4. The molecule has 22 heavy (non-hydrogen) atoms. The number of rotatable bonds is 6. The van der Waals surface area contributed by atoms with E-state index in [1.165, 1.54) is 0 Å². The maximum absolute atomic E-state index is 11.4. The van der Waals surface area contributed by atoms with Gasteiger partial charge in [0.05, 0.1) is 18.0 Å². The fourth-order valence-corrected chi connectivity index (χ4v) is 2.07. The molecule has 5 heteroatoms. The number of nitrogen functional groups attached to an aromatic ring is 1.